The Labute approximate surface area is 181 Å². The van der Waals surface area contributed by atoms with Crippen molar-refractivity contribution in [1.82, 2.24) is 0 Å². The Bertz CT molecular complexity index is 377. The van der Waals surface area contributed by atoms with Crippen LogP contribution in [-0.4, -0.2) is 22.2 Å². The van der Waals surface area contributed by atoms with E-state index in [0.29, 0.717) is 0 Å². The highest BCUT2D eigenvalue weighted by Gasteiger charge is 2.28. The summed E-state index contributed by atoms with van der Waals surface area (Å²) in [5.41, 5.74) is 0. The number of aliphatic carboxylic acids is 2. The smallest absolute Gasteiger partial charge is 0.307 e. The monoisotopic (exact) mass is 414 g/mol. The third kappa shape index (κ3) is 22.8. The molecular weight excluding hydrogens is 364 g/mol. The minimum absolute atomic E-state index is 0.175. The standard InChI is InChI=1S/C21H38O4.2C2H6/c1-3-5-7-9-10-12-14-16-18(15-13-11-8-6-4-2)19(21(24)25)17-20(22)23;2*1-2/h14,16,18-19H,3-13,15,17H2,1-2H3,(H,22,23)(H,24,25);2*1-2H3/b16-14+;;. The van der Waals surface area contributed by atoms with Gasteiger partial charge in [-0.2, -0.15) is 0 Å². The van der Waals surface area contributed by atoms with Gasteiger partial charge in [-0.3, -0.25) is 9.59 Å². The van der Waals surface area contributed by atoms with Crippen molar-refractivity contribution in [1.29, 1.82) is 0 Å². The fraction of sp³-hybridized carbons (Fsp3) is 0.840. The lowest BCUT2D eigenvalue weighted by Crippen LogP contribution is -2.25. The average molecular weight is 415 g/mol. The van der Waals surface area contributed by atoms with E-state index >= 15 is 0 Å². The molecule has 0 aliphatic rings. The minimum atomic E-state index is -1.03. The second kappa shape index (κ2) is 26.7. The molecule has 0 radical (unpaired) electrons. The number of carbonyl (C=O) groups is 2. The normalized spacial score (nSPS) is 12.3. The molecule has 0 bridgehead atoms. The highest BCUT2D eigenvalue weighted by Crippen LogP contribution is 2.25. The van der Waals surface area contributed by atoms with Gasteiger partial charge in [-0.25, -0.2) is 0 Å². The SMILES string of the molecule is CC.CC.CCCCCCC/C=C/C(CCCCCCC)C(CC(=O)O)C(=O)O. The van der Waals surface area contributed by atoms with Gasteiger partial charge in [-0.1, -0.05) is 111 Å². The topological polar surface area (TPSA) is 74.6 Å². The van der Waals surface area contributed by atoms with E-state index in [1.807, 2.05) is 33.8 Å². The van der Waals surface area contributed by atoms with Gasteiger partial charge in [-0.15, -0.1) is 0 Å². The van der Waals surface area contributed by atoms with Gasteiger partial charge in [0.2, 0.25) is 0 Å². The van der Waals surface area contributed by atoms with E-state index in [2.05, 4.69) is 19.9 Å². The van der Waals surface area contributed by atoms with E-state index in [4.69, 9.17) is 5.11 Å². The summed E-state index contributed by atoms with van der Waals surface area (Å²) in [5.74, 6) is -3.02. The first-order valence-electron chi connectivity index (χ1n) is 12.1. The van der Waals surface area contributed by atoms with Crippen LogP contribution in [0.5, 0.6) is 0 Å². The van der Waals surface area contributed by atoms with Crippen LogP contribution in [0.1, 0.15) is 125 Å². The van der Waals surface area contributed by atoms with Crippen molar-refractivity contribution in [2.75, 3.05) is 0 Å². The first-order chi connectivity index (χ1) is 14.0. The van der Waals surface area contributed by atoms with Crippen molar-refractivity contribution in [2.24, 2.45) is 11.8 Å². The summed E-state index contributed by atoms with van der Waals surface area (Å²) in [4.78, 5) is 22.5. The highest BCUT2D eigenvalue weighted by atomic mass is 16.4. The fourth-order valence-electron chi connectivity index (χ4n) is 3.16. The minimum Gasteiger partial charge on any atom is -0.481 e. The molecule has 4 heteroatoms. The number of hydrogen-bond donors (Lipinski definition) is 2. The Hall–Kier alpha value is -1.32. The molecule has 2 N–H and O–H groups in total. The van der Waals surface area contributed by atoms with E-state index in [9.17, 15) is 14.7 Å². The molecule has 174 valence electrons. The van der Waals surface area contributed by atoms with Gasteiger partial charge >= 0.3 is 11.9 Å². The summed E-state index contributed by atoms with van der Waals surface area (Å²) >= 11 is 0. The molecule has 2 atom stereocenters. The van der Waals surface area contributed by atoms with Gasteiger partial charge in [0.15, 0.2) is 0 Å². The molecule has 0 aliphatic heterocycles. The van der Waals surface area contributed by atoms with Crippen LogP contribution in [-0.2, 0) is 9.59 Å². The molecule has 0 aromatic carbocycles. The van der Waals surface area contributed by atoms with E-state index in [1.54, 1.807) is 0 Å². The Balaban J connectivity index is -0.00000158. The van der Waals surface area contributed by atoms with Crippen LogP contribution in [0.25, 0.3) is 0 Å². The third-order valence-electron chi connectivity index (χ3n) is 4.73. The van der Waals surface area contributed by atoms with Crippen molar-refractivity contribution in [3.63, 3.8) is 0 Å². The Morgan fingerprint density at radius 3 is 1.69 bits per heavy atom. The maximum absolute atomic E-state index is 11.5. The van der Waals surface area contributed by atoms with E-state index in [1.165, 1.54) is 44.9 Å². The Morgan fingerprint density at radius 2 is 1.24 bits per heavy atom. The lowest BCUT2D eigenvalue weighted by atomic mass is 9.84. The summed E-state index contributed by atoms with van der Waals surface area (Å²) in [5, 5.41) is 18.5. The van der Waals surface area contributed by atoms with Gasteiger partial charge < -0.3 is 10.2 Å². The quantitative estimate of drug-likeness (QED) is 0.186. The van der Waals surface area contributed by atoms with Crippen LogP contribution < -0.4 is 0 Å². The van der Waals surface area contributed by atoms with Gasteiger partial charge in [0.1, 0.15) is 0 Å². The maximum atomic E-state index is 11.5. The molecule has 0 saturated carbocycles. The van der Waals surface area contributed by atoms with Gasteiger partial charge in [0.05, 0.1) is 12.3 Å². The first kappa shape index (κ1) is 32.3. The average Bonchev–Trinajstić information content (AvgIpc) is 2.72. The van der Waals surface area contributed by atoms with E-state index in [0.717, 1.165) is 32.1 Å². The van der Waals surface area contributed by atoms with Crippen LogP contribution in [0.2, 0.25) is 0 Å². The second-order valence-corrected chi connectivity index (χ2v) is 7.04. The molecule has 0 aromatic rings. The molecule has 0 saturated heterocycles. The number of hydrogen-bond acceptors (Lipinski definition) is 2. The van der Waals surface area contributed by atoms with Crippen LogP contribution in [0.3, 0.4) is 0 Å². The molecule has 2 unspecified atom stereocenters. The van der Waals surface area contributed by atoms with Crippen LogP contribution in [0, 0.1) is 11.8 Å². The highest BCUT2D eigenvalue weighted by molar-refractivity contribution is 5.78. The number of unbranched alkanes of at least 4 members (excludes halogenated alkanes) is 9. The molecule has 0 aromatic heterocycles. The number of rotatable bonds is 17. The van der Waals surface area contributed by atoms with Crippen molar-refractivity contribution in [2.45, 2.75) is 125 Å². The van der Waals surface area contributed by atoms with Gasteiger partial charge in [-0.05, 0) is 25.2 Å². The summed E-state index contributed by atoms with van der Waals surface area (Å²) in [6.45, 7) is 12.4. The van der Waals surface area contributed by atoms with Crippen LogP contribution in [0.4, 0.5) is 0 Å². The number of allylic oxidation sites excluding steroid dienone is 2. The van der Waals surface area contributed by atoms with E-state index in [-0.39, 0.29) is 12.3 Å². The molecule has 0 amide bonds. The fourth-order valence-corrected chi connectivity index (χ4v) is 3.16. The largest absolute Gasteiger partial charge is 0.481 e. The van der Waals surface area contributed by atoms with Crippen molar-refractivity contribution in [3.05, 3.63) is 12.2 Å². The second-order valence-electron chi connectivity index (χ2n) is 7.04. The number of carboxylic acids is 2. The summed E-state index contributed by atoms with van der Waals surface area (Å²) in [6, 6.07) is 0. The Morgan fingerprint density at radius 1 is 0.759 bits per heavy atom. The van der Waals surface area contributed by atoms with Crippen LogP contribution in [0.15, 0.2) is 12.2 Å². The lowest BCUT2D eigenvalue weighted by molar-refractivity contribution is -0.149. The van der Waals surface area contributed by atoms with E-state index < -0.39 is 17.9 Å². The zero-order valence-corrected chi connectivity index (χ0v) is 20.2. The molecule has 0 aliphatic carbocycles. The molecule has 4 nitrogen and oxygen atoms in total. The van der Waals surface area contributed by atoms with Crippen molar-refractivity contribution >= 4 is 11.9 Å². The Kier molecular flexibility index (Phi) is 29.8. The van der Waals surface area contributed by atoms with Gasteiger partial charge in [0, 0.05) is 0 Å². The summed E-state index contributed by atoms with van der Waals surface area (Å²) < 4.78 is 0. The zero-order valence-electron chi connectivity index (χ0n) is 20.2. The third-order valence-corrected chi connectivity index (χ3v) is 4.73. The molecule has 0 rings (SSSR count). The molecule has 0 fully saturated rings. The van der Waals surface area contributed by atoms with Crippen molar-refractivity contribution < 1.29 is 19.8 Å². The van der Waals surface area contributed by atoms with Gasteiger partial charge in [0.25, 0.3) is 0 Å². The summed E-state index contributed by atoms with van der Waals surface area (Å²) in [6.07, 6.45) is 17.1. The molecule has 0 spiro atoms. The molecule has 29 heavy (non-hydrogen) atoms. The van der Waals surface area contributed by atoms with Crippen molar-refractivity contribution in [3.8, 4) is 0 Å². The maximum Gasteiger partial charge on any atom is 0.307 e. The predicted octanol–water partition coefficient (Wildman–Crippen LogP) is 8.11. The number of carboxylic acid groups (broad SMARTS) is 2. The summed E-state index contributed by atoms with van der Waals surface area (Å²) in [7, 11) is 0. The zero-order chi connectivity index (χ0) is 22.9. The molecular formula is C25H50O4. The predicted molar refractivity (Wildman–Crippen MR) is 125 cm³/mol. The lowest BCUT2D eigenvalue weighted by Gasteiger charge is -2.20. The molecule has 0 heterocycles. The van der Waals surface area contributed by atoms with Crippen LogP contribution >= 0.6 is 0 Å². The first-order valence-corrected chi connectivity index (χ1v) is 12.1.